The van der Waals surface area contributed by atoms with Gasteiger partial charge in [0.15, 0.2) is 5.69 Å². The van der Waals surface area contributed by atoms with Gasteiger partial charge in [0.2, 0.25) is 0 Å². The average molecular weight is 496 g/mol. The molecule has 0 amide bonds. The van der Waals surface area contributed by atoms with Crippen molar-refractivity contribution in [2.45, 2.75) is 19.0 Å². The molecule has 0 spiro atoms. The lowest BCUT2D eigenvalue weighted by Crippen LogP contribution is -2.49. The molecule has 2 atom stereocenters. The number of anilines is 1. The predicted octanol–water partition coefficient (Wildman–Crippen LogP) is 6.54. The number of piperazine rings is 1. The Hall–Kier alpha value is -2.75. The highest BCUT2D eigenvalue weighted by atomic mass is 35.5. The minimum absolute atomic E-state index is 0.0429. The monoisotopic (exact) mass is 495 g/mol. The van der Waals surface area contributed by atoms with Crippen molar-refractivity contribution in [3.8, 4) is 5.75 Å². The molecule has 0 unspecified atom stereocenters. The van der Waals surface area contributed by atoms with E-state index in [1.165, 1.54) is 11.1 Å². The zero-order valence-corrected chi connectivity index (χ0v) is 20.5. The minimum Gasteiger partial charge on any atom is -0.491 e. The molecular weight excluding hydrogens is 469 g/mol. The molecular formula is C27H27Cl2N3O2. The van der Waals surface area contributed by atoms with Crippen LogP contribution in [0.5, 0.6) is 5.75 Å². The number of ether oxygens (including phenoxy) is 1. The highest BCUT2D eigenvalue weighted by Crippen LogP contribution is 2.39. The first-order chi connectivity index (χ1) is 16.5. The summed E-state index contributed by atoms with van der Waals surface area (Å²) in [5.74, 6) is 0.640. The highest BCUT2D eigenvalue weighted by Gasteiger charge is 2.32. The third-order valence-electron chi connectivity index (χ3n) is 6.31. The lowest BCUT2D eigenvalue weighted by molar-refractivity contribution is 0.171. The van der Waals surface area contributed by atoms with Gasteiger partial charge in [-0.2, -0.15) is 0 Å². The molecule has 3 aromatic rings. The van der Waals surface area contributed by atoms with Crippen molar-refractivity contribution in [1.82, 2.24) is 4.90 Å². The fourth-order valence-electron chi connectivity index (χ4n) is 4.43. The van der Waals surface area contributed by atoms with Gasteiger partial charge in [0, 0.05) is 36.8 Å². The van der Waals surface area contributed by atoms with Gasteiger partial charge in [-0.3, -0.25) is 4.90 Å². The van der Waals surface area contributed by atoms with Crippen LogP contribution in [0.1, 0.15) is 30.1 Å². The first kappa shape index (κ1) is 24.4. The van der Waals surface area contributed by atoms with E-state index in [0.717, 1.165) is 25.3 Å². The zero-order chi connectivity index (χ0) is 24.1. The van der Waals surface area contributed by atoms with Crippen molar-refractivity contribution < 1.29 is 9.84 Å². The van der Waals surface area contributed by atoms with Crippen LogP contribution in [-0.4, -0.2) is 42.9 Å². The lowest BCUT2D eigenvalue weighted by atomic mass is 9.98. The summed E-state index contributed by atoms with van der Waals surface area (Å²) in [5.41, 5.74) is 3.97. The molecule has 4 rings (SSSR count). The maximum absolute atomic E-state index is 9.02. The fraction of sp³-hybridized carbons (Fsp3) is 0.296. The van der Waals surface area contributed by atoms with Crippen molar-refractivity contribution in [2.24, 2.45) is 0 Å². The van der Waals surface area contributed by atoms with E-state index in [1.54, 1.807) is 6.07 Å². The first-order valence-electron chi connectivity index (χ1n) is 11.3. The van der Waals surface area contributed by atoms with Gasteiger partial charge in [0.1, 0.15) is 12.4 Å². The lowest BCUT2D eigenvalue weighted by Gasteiger charge is -2.45. The van der Waals surface area contributed by atoms with Gasteiger partial charge in [-0.1, -0.05) is 59.6 Å². The SMILES string of the molecule is [C-]#[N+]c1ccc([C@@H](C)N2CCN(c3ccc(OCCO)cc3Cl)[C@H](c3ccc(Cl)cc3)C2)cc1. The van der Waals surface area contributed by atoms with Crippen LogP contribution in [0, 0.1) is 6.57 Å². The zero-order valence-electron chi connectivity index (χ0n) is 19.0. The quantitative estimate of drug-likeness (QED) is 0.377. The number of nitrogens with zero attached hydrogens (tertiary/aromatic N) is 3. The molecule has 34 heavy (non-hydrogen) atoms. The van der Waals surface area contributed by atoms with Gasteiger partial charge in [0.05, 0.1) is 29.9 Å². The molecule has 1 fully saturated rings. The van der Waals surface area contributed by atoms with Crippen molar-refractivity contribution >= 4 is 34.6 Å². The summed E-state index contributed by atoms with van der Waals surface area (Å²) in [6.45, 7) is 12.1. The normalized spacial score (nSPS) is 17.3. The molecule has 176 valence electrons. The number of hydrogen-bond acceptors (Lipinski definition) is 4. The first-order valence-corrected chi connectivity index (χ1v) is 12.0. The van der Waals surface area contributed by atoms with Crippen molar-refractivity contribution in [2.75, 3.05) is 37.7 Å². The molecule has 7 heteroatoms. The van der Waals surface area contributed by atoms with Gasteiger partial charge in [-0.15, -0.1) is 0 Å². The van der Waals surface area contributed by atoms with E-state index in [0.29, 0.717) is 21.5 Å². The van der Waals surface area contributed by atoms with Crippen LogP contribution < -0.4 is 9.64 Å². The molecule has 3 aromatic carbocycles. The van der Waals surface area contributed by atoms with Gasteiger partial charge in [-0.25, -0.2) is 4.85 Å². The van der Waals surface area contributed by atoms with E-state index in [2.05, 4.69) is 33.7 Å². The van der Waals surface area contributed by atoms with Crippen molar-refractivity contribution in [3.05, 3.63) is 99.3 Å². The van der Waals surface area contributed by atoms with Crippen LogP contribution >= 0.6 is 23.2 Å². The number of benzene rings is 3. The van der Waals surface area contributed by atoms with Crippen LogP contribution in [0.25, 0.3) is 4.85 Å². The summed E-state index contributed by atoms with van der Waals surface area (Å²) < 4.78 is 5.52. The number of halogens is 2. The van der Waals surface area contributed by atoms with Gasteiger partial charge in [-0.05, 0) is 42.3 Å². The van der Waals surface area contributed by atoms with Gasteiger partial charge < -0.3 is 14.7 Å². The summed E-state index contributed by atoms with van der Waals surface area (Å²) in [6.07, 6.45) is 0. The van der Waals surface area contributed by atoms with Gasteiger partial charge in [0.25, 0.3) is 0 Å². The summed E-state index contributed by atoms with van der Waals surface area (Å²) in [4.78, 5) is 8.31. The summed E-state index contributed by atoms with van der Waals surface area (Å²) in [7, 11) is 0. The summed E-state index contributed by atoms with van der Waals surface area (Å²) in [6, 6.07) is 21.8. The number of rotatable bonds is 7. The maximum Gasteiger partial charge on any atom is 0.187 e. The summed E-state index contributed by atoms with van der Waals surface area (Å²) in [5, 5.41) is 10.3. The largest absolute Gasteiger partial charge is 0.491 e. The summed E-state index contributed by atoms with van der Waals surface area (Å²) >= 11 is 12.9. The molecule has 1 heterocycles. The Morgan fingerprint density at radius 3 is 2.44 bits per heavy atom. The van der Waals surface area contributed by atoms with Gasteiger partial charge >= 0.3 is 0 Å². The van der Waals surface area contributed by atoms with Crippen LogP contribution in [0.2, 0.25) is 10.0 Å². The van der Waals surface area contributed by atoms with Crippen molar-refractivity contribution in [1.29, 1.82) is 0 Å². The molecule has 0 bridgehead atoms. The molecule has 1 N–H and O–H groups in total. The molecule has 0 radical (unpaired) electrons. The Morgan fingerprint density at radius 2 is 1.79 bits per heavy atom. The third-order valence-corrected chi connectivity index (χ3v) is 6.86. The topological polar surface area (TPSA) is 40.3 Å². The van der Waals surface area contributed by atoms with Crippen LogP contribution in [0.4, 0.5) is 11.4 Å². The third kappa shape index (κ3) is 5.48. The fourth-order valence-corrected chi connectivity index (χ4v) is 4.83. The smallest absolute Gasteiger partial charge is 0.187 e. The van der Waals surface area contributed by atoms with Crippen LogP contribution in [-0.2, 0) is 0 Å². The van der Waals surface area contributed by atoms with Crippen LogP contribution in [0.3, 0.4) is 0 Å². The second-order valence-electron chi connectivity index (χ2n) is 8.32. The molecule has 1 aliphatic rings. The standard InChI is InChI=1S/C27H27Cl2N3O2/c1-19(20-5-9-23(30-2)10-6-20)31-13-14-32(27(18-31)21-3-7-22(28)8-4-21)26-12-11-24(17-25(26)29)34-16-15-33/h3-12,17,19,27,33H,13-16,18H2,1H3/t19-,27+/m1/s1. The maximum atomic E-state index is 9.02. The minimum atomic E-state index is -0.0429. The predicted molar refractivity (Wildman–Crippen MR) is 138 cm³/mol. The molecule has 1 aliphatic heterocycles. The molecule has 0 aromatic heterocycles. The Labute approximate surface area is 210 Å². The molecule has 0 saturated carbocycles. The van der Waals surface area contributed by atoms with Crippen LogP contribution in [0.15, 0.2) is 66.7 Å². The Balaban J connectivity index is 1.61. The Kier molecular flexibility index (Phi) is 7.97. The van der Waals surface area contributed by atoms with Crippen molar-refractivity contribution in [3.63, 3.8) is 0 Å². The second-order valence-corrected chi connectivity index (χ2v) is 9.16. The number of hydrogen-bond donors (Lipinski definition) is 1. The Bertz CT molecular complexity index is 1150. The average Bonchev–Trinajstić information content (AvgIpc) is 2.87. The van der Waals surface area contributed by atoms with E-state index in [9.17, 15) is 0 Å². The molecule has 5 nitrogen and oxygen atoms in total. The molecule has 1 saturated heterocycles. The van der Waals surface area contributed by atoms with E-state index in [-0.39, 0.29) is 25.3 Å². The molecule has 0 aliphatic carbocycles. The highest BCUT2D eigenvalue weighted by molar-refractivity contribution is 6.33. The number of aliphatic hydroxyl groups is 1. The Morgan fingerprint density at radius 1 is 1.06 bits per heavy atom. The number of aliphatic hydroxyl groups excluding tert-OH is 1. The van der Waals surface area contributed by atoms with E-state index < -0.39 is 0 Å². The van der Waals surface area contributed by atoms with E-state index in [4.69, 9.17) is 39.6 Å². The second kappa shape index (κ2) is 11.1. The van der Waals surface area contributed by atoms with E-state index >= 15 is 0 Å². The van der Waals surface area contributed by atoms with E-state index in [1.807, 2.05) is 48.5 Å².